The van der Waals surface area contributed by atoms with Gasteiger partial charge >= 0.3 is 0 Å². The van der Waals surface area contributed by atoms with Gasteiger partial charge in [0.25, 0.3) is 5.91 Å². The SMILES string of the molecule is COc1ccc2c(c1)N(C[C@H](C)CI)C(=O)CO2. The monoisotopic (exact) mass is 361 g/mol. The van der Waals surface area contributed by atoms with Crippen LogP contribution >= 0.6 is 22.6 Å². The van der Waals surface area contributed by atoms with Crippen molar-refractivity contribution < 1.29 is 14.3 Å². The van der Waals surface area contributed by atoms with Crippen molar-refractivity contribution in [1.82, 2.24) is 0 Å². The molecule has 1 aliphatic rings. The van der Waals surface area contributed by atoms with Crippen molar-refractivity contribution in [3.63, 3.8) is 0 Å². The lowest BCUT2D eigenvalue weighted by molar-refractivity contribution is -0.121. The Kier molecular flexibility index (Phi) is 4.31. The molecule has 0 saturated carbocycles. The van der Waals surface area contributed by atoms with Crippen LogP contribution in [-0.4, -0.2) is 30.6 Å². The number of anilines is 1. The van der Waals surface area contributed by atoms with Gasteiger partial charge in [-0.3, -0.25) is 4.79 Å². The molecule has 0 fully saturated rings. The molecule has 0 bridgehead atoms. The van der Waals surface area contributed by atoms with Crippen molar-refractivity contribution in [1.29, 1.82) is 0 Å². The van der Waals surface area contributed by atoms with Crippen LogP contribution in [0, 0.1) is 5.92 Å². The van der Waals surface area contributed by atoms with Crippen LogP contribution in [0.15, 0.2) is 18.2 Å². The smallest absolute Gasteiger partial charge is 0.265 e. The maximum Gasteiger partial charge on any atom is 0.265 e. The highest BCUT2D eigenvalue weighted by molar-refractivity contribution is 14.1. The maximum atomic E-state index is 12.0. The molecule has 0 aliphatic carbocycles. The molecule has 0 saturated heterocycles. The first-order chi connectivity index (χ1) is 8.65. The molecular formula is C13H16INO3. The van der Waals surface area contributed by atoms with Crippen molar-refractivity contribution in [2.75, 3.05) is 29.6 Å². The summed E-state index contributed by atoms with van der Waals surface area (Å²) in [5.74, 6) is 1.94. The number of carbonyl (C=O) groups is 1. The molecule has 2 rings (SSSR count). The van der Waals surface area contributed by atoms with Gasteiger partial charge in [0.1, 0.15) is 11.5 Å². The van der Waals surface area contributed by atoms with E-state index in [1.807, 2.05) is 18.2 Å². The van der Waals surface area contributed by atoms with E-state index in [2.05, 4.69) is 29.5 Å². The molecule has 1 heterocycles. The predicted molar refractivity (Wildman–Crippen MR) is 78.9 cm³/mol. The normalized spacial score (nSPS) is 15.9. The number of ether oxygens (including phenoxy) is 2. The molecule has 0 N–H and O–H groups in total. The Morgan fingerprint density at radius 2 is 2.33 bits per heavy atom. The molecule has 1 aliphatic heterocycles. The average Bonchev–Trinajstić information content (AvgIpc) is 2.41. The summed E-state index contributed by atoms with van der Waals surface area (Å²) >= 11 is 2.34. The molecule has 0 unspecified atom stereocenters. The van der Waals surface area contributed by atoms with Gasteiger partial charge in [-0.15, -0.1) is 0 Å². The molecule has 1 aromatic carbocycles. The van der Waals surface area contributed by atoms with Crippen LogP contribution in [0.4, 0.5) is 5.69 Å². The number of alkyl halides is 1. The number of carbonyl (C=O) groups excluding carboxylic acids is 1. The van der Waals surface area contributed by atoms with E-state index in [1.54, 1.807) is 12.0 Å². The average molecular weight is 361 g/mol. The fourth-order valence-electron chi connectivity index (χ4n) is 1.87. The van der Waals surface area contributed by atoms with Gasteiger partial charge in [-0.05, 0) is 18.1 Å². The van der Waals surface area contributed by atoms with Gasteiger partial charge in [-0.2, -0.15) is 0 Å². The fourth-order valence-corrected chi connectivity index (χ4v) is 2.15. The van der Waals surface area contributed by atoms with Gasteiger partial charge < -0.3 is 14.4 Å². The molecule has 5 heteroatoms. The minimum absolute atomic E-state index is 0.00690. The molecule has 1 amide bonds. The van der Waals surface area contributed by atoms with Crippen LogP contribution in [0.25, 0.3) is 0 Å². The maximum absolute atomic E-state index is 12.0. The molecule has 4 nitrogen and oxygen atoms in total. The Bertz CT molecular complexity index is 450. The minimum Gasteiger partial charge on any atom is -0.497 e. The lowest BCUT2D eigenvalue weighted by atomic mass is 10.1. The lowest BCUT2D eigenvalue weighted by Gasteiger charge is -2.31. The van der Waals surface area contributed by atoms with E-state index in [1.165, 1.54) is 0 Å². The fraction of sp³-hybridized carbons (Fsp3) is 0.462. The molecule has 0 radical (unpaired) electrons. The highest BCUT2D eigenvalue weighted by atomic mass is 127. The number of fused-ring (bicyclic) bond motifs is 1. The summed E-state index contributed by atoms with van der Waals surface area (Å²) < 4.78 is 11.6. The Morgan fingerprint density at radius 1 is 1.56 bits per heavy atom. The molecule has 1 atom stereocenters. The van der Waals surface area contributed by atoms with Gasteiger partial charge in [0, 0.05) is 17.0 Å². The molecule has 98 valence electrons. The van der Waals surface area contributed by atoms with Gasteiger partial charge in [-0.1, -0.05) is 29.5 Å². The van der Waals surface area contributed by atoms with Crippen LogP contribution in [0.5, 0.6) is 11.5 Å². The van der Waals surface area contributed by atoms with Gasteiger partial charge in [0.05, 0.1) is 12.8 Å². The zero-order chi connectivity index (χ0) is 13.1. The van der Waals surface area contributed by atoms with E-state index >= 15 is 0 Å². The van der Waals surface area contributed by atoms with Crippen molar-refractivity contribution in [3.05, 3.63) is 18.2 Å². The van der Waals surface area contributed by atoms with Crippen LogP contribution in [0.2, 0.25) is 0 Å². The molecule has 18 heavy (non-hydrogen) atoms. The summed E-state index contributed by atoms with van der Waals surface area (Å²) in [6.45, 7) is 2.97. The Hall–Kier alpha value is -0.980. The predicted octanol–water partition coefficient (Wildman–Crippen LogP) is 2.49. The summed E-state index contributed by atoms with van der Waals surface area (Å²) in [6.07, 6.45) is 0. The largest absolute Gasteiger partial charge is 0.497 e. The Balaban J connectivity index is 2.32. The number of hydrogen-bond acceptors (Lipinski definition) is 3. The molecular weight excluding hydrogens is 345 g/mol. The summed E-state index contributed by atoms with van der Waals surface area (Å²) in [5, 5.41) is 0. The van der Waals surface area contributed by atoms with E-state index in [0.717, 1.165) is 21.6 Å². The summed E-state index contributed by atoms with van der Waals surface area (Å²) in [4.78, 5) is 13.8. The van der Waals surface area contributed by atoms with Crippen molar-refractivity contribution in [2.24, 2.45) is 5.92 Å². The van der Waals surface area contributed by atoms with E-state index in [-0.39, 0.29) is 12.5 Å². The summed E-state index contributed by atoms with van der Waals surface area (Å²) in [5.41, 5.74) is 0.808. The van der Waals surface area contributed by atoms with Gasteiger partial charge in [0.2, 0.25) is 0 Å². The zero-order valence-electron chi connectivity index (χ0n) is 10.5. The molecule has 0 aromatic heterocycles. The number of halogens is 1. The highest BCUT2D eigenvalue weighted by Gasteiger charge is 2.26. The second kappa shape index (κ2) is 5.77. The van der Waals surface area contributed by atoms with Crippen molar-refractivity contribution in [2.45, 2.75) is 6.92 Å². The second-order valence-corrected chi connectivity index (χ2v) is 5.27. The highest BCUT2D eigenvalue weighted by Crippen LogP contribution is 2.35. The van der Waals surface area contributed by atoms with Crippen LogP contribution in [0.1, 0.15) is 6.92 Å². The van der Waals surface area contributed by atoms with E-state index in [0.29, 0.717) is 12.5 Å². The summed E-state index contributed by atoms with van der Waals surface area (Å²) in [7, 11) is 1.62. The van der Waals surface area contributed by atoms with Crippen LogP contribution < -0.4 is 14.4 Å². The molecule has 0 spiro atoms. The molecule has 1 aromatic rings. The number of nitrogens with zero attached hydrogens (tertiary/aromatic N) is 1. The number of methoxy groups -OCH3 is 1. The number of hydrogen-bond donors (Lipinski definition) is 0. The third kappa shape index (κ3) is 2.71. The third-order valence-corrected chi connectivity index (χ3v) is 4.37. The number of amides is 1. The Labute approximate surface area is 120 Å². The quantitative estimate of drug-likeness (QED) is 0.611. The second-order valence-electron chi connectivity index (χ2n) is 4.39. The minimum atomic E-state index is 0.00690. The van der Waals surface area contributed by atoms with E-state index in [9.17, 15) is 4.79 Å². The lowest BCUT2D eigenvalue weighted by Crippen LogP contribution is -2.41. The standard InChI is InChI=1S/C13H16INO3/c1-9(6-14)7-15-11-5-10(17-2)3-4-12(11)18-8-13(15)16/h3-5,9H,6-8H2,1-2H3/t9-/m1/s1. The first kappa shape index (κ1) is 13.5. The van der Waals surface area contributed by atoms with Gasteiger partial charge in [0.15, 0.2) is 6.61 Å². The van der Waals surface area contributed by atoms with E-state index in [4.69, 9.17) is 9.47 Å². The first-order valence-electron chi connectivity index (χ1n) is 5.83. The van der Waals surface area contributed by atoms with Crippen molar-refractivity contribution in [3.8, 4) is 11.5 Å². The number of rotatable bonds is 4. The van der Waals surface area contributed by atoms with Crippen molar-refractivity contribution >= 4 is 34.2 Å². The third-order valence-electron chi connectivity index (χ3n) is 2.87. The van der Waals surface area contributed by atoms with Crippen LogP contribution in [0.3, 0.4) is 0 Å². The van der Waals surface area contributed by atoms with Gasteiger partial charge in [-0.25, -0.2) is 0 Å². The summed E-state index contributed by atoms with van der Waals surface area (Å²) in [6, 6.07) is 5.54. The first-order valence-corrected chi connectivity index (χ1v) is 7.35. The van der Waals surface area contributed by atoms with Crippen LogP contribution in [-0.2, 0) is 4.79 Å². The topological polar surface area (TPSA) is 38.8 Å². The Morgan fingerprint density at radius 3 is 3.00 bits per heavy atom. The number of benzene rings is 1. The van der Waals surface area contributed by atoms with E-state index < -0.39 is 0 Å². The zero-order valence-corrected chi connectivity index (χ0v) is 12.6.